The van der Waals surface area contributed by atoms with Gasteiger partial charge in [0.15, 0.2) is 0 Å². The summed E-state index contributed by atoms with van der Waals surface area (Å²) in [6, 6.07) is 19.1. The quantitative estimate of drug-likeness (QED) is 0.851. The van der Waals surface area contributed by atoms with E-state index >= 15 is 0 Å². The maximum absolute atomic E-state index is 13.1. The summed E-state index contributed by atoms with van der Waals surface area (Å²) < 4.78 is 0. The molecular weight excluding hydrogens is 294 g/mol. The second-order valence-corrected chi connectivity index (χ2v) is 7.60. The van der Waals surface area contributed by atoms with Crippen molar-refractivity contribution in [3.63, 3.8) is 0 Å². The van der Waals surface area contributed by atoms with E-state index < -0.39 is 0 Å². The monoisotopic (exact) mass is 319 g/mol. The lowest BCUT2D eigenvalue weighted by atomic mass is 9.85. The molecule has 0 spiro atoms. The van der Waals surface area contributed by atoms with Crippen LogP contribution in [-0.4, -0.2) is 23.8 Å². The molecule has 2 aromatic rings. The molecule has 4 rings (SSSR count). The number of rotatable bonds is 3. The number of Topliss-reactive ketones (excluding diaryl/α,β-unsaturated/α-hetero) is 1. The molecule has 0 aromatic heterocycles. The Bertz CT molecular complexity index is 721. The van der Waals surface area contributed by atoms with Crippen LogP contribution in [0, 0.1) is 24.7 Å². The normalized spacial score (nSPS) is 29.8. The van der Waals surface area contributed by atoms with Crippen molar-refractivity contribution in [2.24, 2.45) is 17.8 Å². The van der Waals surface area contributed by atoms with E-state index in [1.165, 1.54) is 16.7 Å². The number of carbonyl (C=O) groups is 1. The number of carbonyl (C=O) groups excluding carboxylic acids is 1. The lowest BCUT2D eigenvalue weighted by Crippen LogP contribution is -2.26. The zero-order chi connectivity index (χ0) is 16.7. The van der Waals surface area contributed by atoms with Gasteiger partial charge >= 0.3 is 0 Å². The van der Waals surface area contributed by atoms with Crippen molar-refractivity contribution in [3.8, 4) is 0 Å². The molecule has 4 unspecified atom stereocenters. The fourth-order valence-corrected chi connectivity index (χ4v) is 4.70. The van der Waals surface area contributed by atoms with Gasteiger partial charge in [0.05, 0.1) is 0 Å². The van der Waals surface area contributed by atoms with Crippen molar-refractivity contribution in [2.45, 2.75) is 26.3 Å². The van der Waals surface area contributed by atoms with Gasteiger partial charge in [0.25, 0.3) is 0 Å². The highest BCUT2D eigenvalue weighted by atomic mass is 16.1. The molecule has 2 aromatic carbocycles. The molecule has 1 aliphatic carbocycles. The van der Waals surface area contributed by atoms with Gasteiger partial charge in [-0.25, -0.2) is 0 Å². The fourth-order valence-electron chi connectivity index (χ4n) is 4.70. The fraction of sp³-hybridized carbons (Fsp3) is 0.409. The Kier molecular flexibility index (Phi) is 4.01. The smallest absolute Gasteiger partial charge is 0.145 e. The molecule has 2 heteroatoms. The van der Waals surface area contributed by atoms with Crippen LogP contribution in [-0.2, 0) is 11.3 Å². The predicted octanol–water partition coefficient (Wildman–Crippen LogP) is 4.05. The van der Waals surface area contributed by atoms with Gasteiger partial charge in [0, 0.05) is 31.5 Å². The summed E-state index contributed by atoms with van der Waals surface area (Å²) in [6.45, 7) is 7.31. The van der Waals surface area contributed by atoms with E-state index in [1.807, 2.05) is 0 Å². The number of ketones is 1. The Morgan fingerprint density at radius 2 is 1.71 bits per heavy atom. The number of fused-ring (bicyclic) bond motifs is 1. The van der Waals surface area contributed by atoms with Gasteiger partial charge in [0.1, 0.15) is 5.78 Å². The zero-order valence-corrected chi connectivity index (χ0v) is 14.5. The zero-order valence-electron chi connectivity index (χ0n) is 14.5. The molecule has 124 valence electrons. The minimum Gasteiger partial charge on any atom is -0.299 e. The number of nitrogens with zero attached hydrogens (tertiary/aromatic N) is 1. The Balaban J connectivity index is 1.49. The van der Waals surface area contributed by atoms with E-state index in [0.29, 0.717) is 17.6 Å². The van der Waals surface area contributed by atoms with E-state index in [-0.39, 0.29) is 11.8 Å². The predicted molar refractivity (Wildman–Crippen MR) is 96.8 cm³/mol. The summed E-state index contributed by atoms with van der Waals surface area (Å²) in [4.78, 5) is 15.5. The Labute approximate surface area is 144 Å². The van der Waals surface area contributed by atoms with Crippen LogP contribution in [0.5, 0.6) is 0 Å². The number of likely N-dealkylation sites (tertiary alicyclic amines) is 1. The third-order valence-corrected chi connectivity index (χ3v) is 6.00. The van der Waals surface area contributed by atoms with Crippen LogP contribution in [0.4, 0.5) is 0 Å². The largest absolute Gasteiger partial charge is 0.299 e. The summed E-state index contributed by atoms with van der Waals surface area (Å²) in [5.41, 5.74) is 3.81. The summed E-state index contributed by atoms with van der Waals surface area (Å²) in [5, 5.41) is 0. The van der Waals surface area contributed by atoms with Crippen molar-refractivity contribution in [2.75, 3.05) is 13.1 Å². The minimum absolute atomic E-state index is 0.0967. The standard InChI is InChI=1S/C22H25NO/c1-15-8-10-18(11-9-15)21-16(2)19-13-23(14-20(19)22(21)24)12-17-6-4-3-5-7-17/h3-11,16,19-21H,12-14H2,1-2H3. The van der Waals surface area contributed by atoms with Crippen LogP contribution < -0.4 is 0 Å². The van der Waals surface area contributed by atoms with Gasteiger partial charge in [-0.1, -0.05) is 67.1 Å². The van der Waals surface area contributed by atoms with Crippen LogP contribution in [0.3, 0.4) is 0 Å². The second kappa shape index (κ2) is 6.18. The van der Waals surface area contributed by atoms with E-state index in [4.69, 9.17) is 0 Å². The molecular formula is C22H25NO. The van der Waals surface area contributed by atoms with E-state index in [2.05, 4.69) is 73.3 Å². The number of hydrogen-bond acceptors (Lipinski definition) is 2. The van der Waals surface area contributed by atoms with Crippen LogP contribution in [0.2, 0.25) is 0 Å². The van der Waals surface area contributed by atoms with Crippen molar-refractivity contribution in [1.82, 2.24) is 4.90 Å². The average molecular weight is 319 g/mol. The van der Waals surface area contributed by atoms with Crippen molar-refractivity contribution in [3.05, 3.63) is 71.3 Å². The van der Waals surface area contributed by atoms with Gasteiger partial charge in [-0.3, -0.25) is 9.69 Å². The van der Waals surface area contributed by atoms with Crippen LogP contribution in [0.15, 0.2) is 54.6 Å². The van der Waals surface area contributed by atoms with Crippen LogP contribution >= 0.6 is 0 Å². The number of hydrogen-bond donors (Lipinski definition) is 0. The SMILES string of the molecule is Cc1ccc(C2C(=O)C3CN(Cc4ccccc4)CC3C2C)cc1. The average Bonchev–Trinajstić information content (AvgIpc) is 3.10. The highest BCUT2D eigenvalue weighted by molar-refractivity contribution is 5.91. The van der Waals surface area contributed by atoms with Gasteiger partial charge in [0.2, 0.25) is 0 Å². The highest BCUT2D eigenvalue weighted by Gasteiger charge is 2.52. The molecule has 1 saturated carbocycles. The number of aryl methyl sites for hydroxylation is 1. The molecule has 0 radical (unpaired) electrons. The second-order valence-electron chi connectivity index (χ2n) is 7.60. The van der Waals surface area contributed by atoms with Crippen LogP contribution in [0.25, 0.3) is 0 Å². The van der Waals surface area contributed by atoms with Crippen molar-refractivity contribution in [1.29, 1.82) is 0 Å². The summed E-state index contributed by atoms with van der Waals surface area (Å²) >= 11 is 0. The topological polar surface area (TPSA) is 20.3 Å². The number of benzene rings is 2. The molecule has 0 amide bonds. The first-order chi connectivity index (χ1) is 11.6. The molecule has 1 aliphatic heterocycles. The van der Waals surface area contributed by atoms with E-state index in [9.17, 15) is 4.79 Å². The minimum atomic E-state index is 0.0967. The molecule has 0 N–H and O–H groups in total. The first kappa shape index (κ1) is 15.6. The highest BCUT2D eigenvalue weighted by Crippen LogP contribution is 2.48. The molecule has 1 saturated heterocycles. The summed E-state index contributed by atoms with van der Waals surface area (Å²) in [5.74, 6) is 1.72. The third kappa shape index (κ3) is 2.69. The maximum atomic E-state index is 13.1. The maximum Gasteiger partial charge on any atom is 0.145 e. The van der Waals surface area contributed by atoms with Gasteiger partial charge in [-0.2, -0.15) is 0 Å². The molecule has 0 bridgehead atoms. The first-order valence-electron chi connectivity index (χ1n) is 9.00. The van der Waals surface area contributed by atoms with Crippen LogP contribution in [0.1, 0.15) is 29.5 Å². The Morgan fingerprint density at radius 1 is 1.00 bits per heavy atom. The Hall–Kier alpha value is -1.93. The molecule has 4 atom stereocenters. The molecule has 2 aliphatic rings. The molecule has 24 heavy (non-hydrogen) atoms. The summed E-state index contributed by atoms with van der Waals surface area (Å²) in [6.07, 6.45) is 0. The van der Waals surface area contributed by atoms with E-state index in [1.54, 1.807) is 0 Å². The lowest BCUT2D eigenvalue weighted by molar-refractivity contribution is -0.122. The summed E-state index contributed by atoms with van der Waals surface area (Å²) in [7, 11) is 0. The van der Waals surface area contributed by atoms with E-state index in [0.717, 1.165) is 19.6 Å². The van der Waals surface area contributed by atoms with Crippen molar-refractivity contribution >= 4 is 5.78 Å². The molecule has 1 heterocycles. The first-order valence-corrected chi connectivity index (χ1v) is 9.00. The Morgan fingerprint density at radius 3 is 2.38 bits per heavy atom. The van der Waals surface area contributed by atoms with Gasteiger partial charge in [-0.15, -0.1) is 0 Å². The lowest BCUT2D eigenvalue weighted by Gasteiger charge is -2.22. The molecule has 2 nitrogen and oxygen atoms in total. The van der Waals surface area contributed by atoms with Gasteiger partial charge in [-0.05, 0) is 29.9 Å². The molecule has 2 fully saturated rings. The van der Waals surface area contributed by atoms with Crippen molar-refractivity contribution < 1.29 is 4.79 Å². The third-order valence-electron chi connectivity index (χ3n) is 6.00. The van der Waals surface area contributed by atoms with Gasteiger partial charge < -0.3 is 0 Å².